The van der Waals surface area contributed by atoms with E-state index in [4.69, 9.17) is 9.47 Å². The van der Waals surface area contributed by atoms with Crippen LogP contribution in [-0.2, 0) is 9.47 Å². The van der Waals surface area contributed by atoms with E-state index in [1.165, 1.54) is 0 Å². The van der Waals surface area contributed by atoms with Gasteiger partial charge in [0, 0.05) is 33.9 Å². The Morgan fingerprint density at radius 1 is 1.31 bits per heavy atom. The number of rotatable bonds is 6. The lowest BCUT2D eigenvalue weighted by atomic mass is 10.2. The van der Waals surface area contributed by atoms with Gasteiger partial charge in [0.2, 0.25) is 0 Å². The number of hydrogen-bond donors (Lipinski definition) is 0. The molecule has 0 bridgehead atoms. The van der Waals surface area contributed by atoms with Gasteiger partial charge >= 0.3 is 6.03 Å². The molecule has 5 heteroatoms. The van der Waals surface area contributed by atoms with Gasteiger partial charge in [0.25, 0.3) is 0 Å². The molecule has 0 aromatic heterocycles. The first-order valence-electron chi connectivity index (χ1n) is 5.69. The van der Waals surface area contributed by atoms with Gasteiger partial charge in [-0.1, -0.05) is 0 Å². The second-order valence-electron chi connectivity index (χ2n) is 4.14. The van der Waals surface area contributed by atoms with E-state index in [0.717, 1.165) is 13.1 Å². The minimum atomic E-state index is 0.0614. The van der Waals surface area contributed by atoms with E-state index in [1.807, 2.05) is 23.6 Å². The number of carbonyl (C=O) groups is 1. The summed E-state index contributed by atoms with van der Waals surface area (Å²) in [5, 5.41) is 0. The maximum Gasteiger partial charge on any atom is 0.320 e. The Balaban J connectivity index is 2.49. The normalized spacial score (nSPS) is 20.4. The Labute approximate surface area is 97.3 Å². The average molecular weight is 230 g/mol. The van der Waals surface area contributed by atoms with Crippen molar-refractivity contribution < 1.29 is 14.3 Å². The smallest absolute Gasteiger partial charge is 0.320 e. The number of ether oxygens (including phenoxy) is 2. The van der Waals surface area contributed by atoms with Crippen LogP contribution in [0.5, 0.6) is 0 Å². The molecule has 2 atom stereocenters. The quantitative estimate of drug-likeness (QED) is 0.677. The van der Waals surface area contributed by atoms with Gasteiger partial charge < -0.3 is 19.3 Å². The molecule has 0 N–H and O–H groups in total. The monoisotopic (exact) mass is 230 g/mol. The fourth-order valence-electron chi connectivity index (χ4n) is 1.84. The predicted molar refractivity (Wildman–Crippen MR) is 61.5 cm³/mol. The molecule has 1 fully saturated rings. The summed E-state index contributed by atoms with van der Waals surface area (Å²) < 4.78 is 10.2. The van der Waals surface area contributed by atoms with Crippen molar-refractivity contribution in [1.29, 1.82) is 0 Å². The molecule has 0 aliphatic carbocycles. The lowest BCUT2D eigenvalue weighted by molar-refractivity contribution is 0.0524. The molecule has 0 aromatic carbocycles. The standard InChI is InChI=1S/C11H22N2O3/c1-9(10(2)16-4)13-6-5-12(11(13)14)7-8-15-3/h9-10H,5-8H2,1-4H3. The second-order valence-corrected chi connectivity index (χ2v) is 4.14. The van der Waals surface area contributed by atoms with Crippen molar-refractivity contribution >= 4 is 6.03 Å². The lowest BCUT2D eigenvalue weighted by Crippen LogP contribution is -2.44. The molecular weight excluding hydrogens is 208 g/mol. The molecule has 0 radical (unpaired) electrons. The summed E-state index contributed by atoms with van der Waals surface area (Å²) in [5.41, 5.74) is 0. The lowest BCUT2D eigenvalue weighted by Gasteiger charge is -2.28. The van der Waals surface area contributed by atoms with Crippen LogP contribution in [0.3, 0.4) is 0 Å². The maximum atomic E-state index is 12.0. The van der Waals surface area contributed by atoms with Gasteiger partial charge in [0.15, 0.2) is 0 Å². The number of carbonyl (C=O) groups excluding carboxylic acids is 1. The Bertz CT molecular complexity index is 235. The van der Waals surface area contributed by atoms with Crippen LogP contribution in [0.15, 0.2) is 0 Å². The van der Waals surface area contributed by atoms with Crippen molar-refractivity contribution in [3.63, 3.8) is 0 Å². The molecule has 1 aliphatic rings. The molecule has 0 aromatic rings. The van der Waals surface area contributed by atoms with E-state index in [2.05, 4.69) is 0 Å². The molecule has 0 saturated carbocycles. The van der Waals surface area contributed by atoms with Crippen molar-refractivity contribution in [3.8, 4) is 0 Å². The summed E-state index contributed by atoms with van der Waals surface area (Å²) in [6.07, 6.45) is 0.0614. The molecule has 1 saturated heterocycles. The molecule has 94 valence electrons. The molecule has 2 unspecified atom stereocenters. The molecule has 2 amide bonds. The molecule has 16 heavy (non-hydrogen) atoms. The van der Waals surface area contributed by atoms with Gasteiger partial charge in [-0.2, -0.15) is 0 Å². The van der Waals surface area contributed by atoms with Crippen LogP contribution in [0.1, 0.15) is 13.8 Å². The fourth-order valence-corrected chi connectivity index (χ4v) is 1.84. The van der Waals surface area contributed by atoms with E-state index in [9.17, 15) is 4.79 Å². The topological polar surface area (TPSA) is 42.0 Å². The maximum absolute atomic E-state index is 12.0. The molecule has 5 nitrogen and oxygen atoms in total. The number of methoxy groups -OCH3 is 2. The van der Waals surface area contributed by atoms with Crippen LogP contribution in [0.4, 0.5) is 4.79 Å². The first-order valence-corrected chi connectivity index (χ1v) is 5.69. The van der Waals surface area contributed by atoms with Crippen molar-refractivity contribution in [2.45, 2.75) is 26.0 Å². The number of amides is 2. The molecular formula is C11H22N2O3. The number of urea groups is 1. The third-order valence-corrected chi connectivity index (χ3v) is 3.24. The molecule has 1 aliphatic heterocycles. The Morgan fingerprint density at radius 3 is 2.56 bits per heavy atom. The summed E-state index contributed by atoms with van der Waals surface area (Å²) >= 11 is 0. The van der Waals surface area contributed by atoms with E-state index in [-0.39, 0.29) is 18.2 Å². The number of nitrogens with zero attached hydrogens (tertiary/aromatic N) is 2. The summed E-state index contributed by atoms with van der Waals surface area (Å²) in [7, 11) is 3.32. The molecule has 1 rings (SSSR count). The van der Waals surface area contributed by atoms with Gasteiger partial charge in [-0.05, 0) is 13.8 Å². The summed E-state index contributed by atoms with van der Waals surface area (Å²) in [5.74, 6) is 0. The highest BCUT2D eigenvalue weighted by Crippen LogP contribution is 2.15. The van der Waals surface area contributed by atoms with Crippen LogP contribution < -0.4 is 0 Å². The van der Waals surface area contributed by atoms with Gasteiger partial charge in [0.1, 0.15) is 0 Å². The van der Waals surface area contributed by atoms with Gasteiger partial charge in [-0.15, -0.1) is 0 Å². The van der Waals surface area contributed by atoms with Crippen molar-refractivity contribution in [2.24, 2.45) is 0 Å². The molecule has 1 heterocycles. The third-order valence-electron chi connectivity index (χ3n) is 3.24. The molecule has 0 spiro atoms. The van der Waals surface area contributed by atoms with Crippen molar-refractivity contribution in [2.75, 3.05) is 40.5 Å². The van der Waals surface area contributed by atoms with Crippen LogP contribution in [-0.4, -0.2) is 68.4 Å². The van der Waals surface area contributed by atoms with E-state index >= 15 is 0 Å². The third kappa shape index (κ3) is 2.86. The van der Waals surface area contributed by atoms with Gasteiger partial charge in [0.05, 0.1) is 18.8 Å². The van der Waals surface area contributed by atoms with Crippen molar-refractivity contribution in [1.82, 2.24) is 9.80 Å². The zero-order valence-electron chi connectivity index (χ0n) is 10.6. The van der Waals surface area contributed by atoms with Gasteiger partial charge in [-0.25, -0.2) is 4.79 Å². The van der Waals surface area contributed by atoms with Crippen LogP contribution in [0.25, 0.3) is 0 Å². The highest BCUT2D eigenvalue weighted by molar-refractivity contribution is 5.76. The summed E-state index contributed by atoms with van der Waals surface area (Å²) in [6.45, 7) is 6.82. The Kier molecular flexibility index (Phi) is 5.02. The van der Waals surface area contributed by atoms with Crippen LogP contribution in [0.2, 0.25) is 0 Å². The fraction of sp³-hybridized carbons (Fsp3) is 0.909. The predicted octanol–water partition coefficient (Wildman–Crippen LogP) is 0.794. The highest BCUT2D eigenvalue weighted by atomic mass is 16.5. The number of hydrogen-bond acceptors (Lipinski definition) is 3. The van der Waals surface area contributed by atoms with Crippen LogP contribution >= 0.6 is 0 Å². The average Bonchev–Trinajstić information content (AvgIpc) is 2.66. The SMILES string of the molecule is COCCN1CCN(C(C)C(C)OC)C1=O. The minimum Gasteiger partial charge on any atom is -0.383 e. The zero-order valence-corrected chi connectivity index (χ0v) is 10.6. The zero-order chi connectivity index (χ0) is 12.1. The Morgan fingerprint density at radius 2 is 2.00 bits per heavy atom. The van der Waals surface area contributed by atoms with Gasteiger partial charge in [-0.3, -0.25) is 0 Å². The minimum absolute atomic E-state index is 0.0614. The first-order chi connectivity index (χ1) is 7.61. The van der Waals surface area contributed by atoms with E-state index in [0.29, 0.717) is 13.2 Å². The highest BCUT2D eigenvalue weighted by Gasteiger charge is 2.33. The van der Waals surface area contributed by atoms with Crippen molar-refractivity contribution in [3.05, 3.63) is 0 Å². The van der Waals surface area contributed by atoms with E-state index in [1.54, 1.807) is 14.2 Å². The summed E-state index contributed by atoms with van der Waals surface area (Å²) in [6, 6.07) is 0.207. The first kappa shape index (κ1) is 13.3. The largest absolute Gasteiger partial charge is 0.383 e. The van der Waals surface area contributed by atoms with Crippen LogP contribution in [0, 0.1) is 0 Å². The second kappa shape index (κ2) is 6.06. The van der Waals surface area contributed by atoms with E-state index < -0.39 is 0 Å². The Hall–Kier alpha value is -0.810. The summed E-state index contributed by atoms with van der Waals surface area (Å²) in [4.78, 5) is 15.7.